The number of rotatable bonds is 10. The summed E-state index contributed by atoms with van der Waals surface area (Å²) in [5, 5.41) is 7.89. The van der Waals surface area contributed by atoms with Gasteiger partial charge in [-0.3, -0.25) is 14.5 Å². The number of methoxy groups -OCH3 is 2. The van der Waals surface area contributed by atoms with E-state index in [1.165, 1.54) is 0 Å². The molecular formula is C32H34N4O4S. The van der Waals surface area contributed by atoms with Crippen molar-refractivity contribution >= 4 is 29.4 Å². The zero-order valence-corrected chi connectivity index (χ0v) is 24.3. The number of amides is 2. The summed E-state index contributed by atoms with van der Waals surface area (Å²) in [5.41, 5.74) is 5.60. The Hall–Kier alpha value is -4.08. The van der Waals surface area contributed by atoms with Crippen LogP contribution in [0.5, 0.6) is 5.75 Å². The number of hydrogen-bond acceptors (Lipinski definition) is 6. The van der Waals surface area contributed by atoms with Gasteiger partial charge >= 0.3 is 0 Å². The minimum Gasteiger partial charge on any atom is -0.497 e. The molecule has 0 radical (unpaired) electrons. The Labute approximate surface area is 244 Å². The van der Waals surface area contributed by atoms with E-state index in [1.807, 2.05) is 60.7 Å². The van der Waals surface area contributed by atoms with Gasteiger partial charge < -0.3 is 14.8 Å². The van der Waals surface area contributed by atoms with Crippen LogP contribution < -0.4 is 15.0 Å². The Balaban J connectivity index is 1.71. The van der Waals surface area contributed by atoms with Crippen LogP contribution in [0.15, 0.2) is 78.9 Å². The Morgan fingerprint density at radius 3 is 2.54 bits per heavy atom. The molecule has 212 valence electrons. The van der Waals surface area contributed by atoms with Crippen molar-refractivity contribution in [3.8, 4) is 22.7 Å². The van der Waals surface area contributed by atoms with E-state index in [1.54, 1.807) is 35.6 Å². The molecule has 3 aromatic carbocycles. The number of hydrogen-bond donors (Lipinski definition) is 1. The van der Waals surface area contributed by atoms with Gasteiger partial charge in [0.1, 0.15) is 18.1 Å². The molecule has 4 aromatic rings. The molecule has 0 unspecified atom stereocenters. The molecule has 8 nitrogen and oxygen atoms in total. The first-order chi connectivity index (χ1) is 20.0. The van der Waals surface area contributed by atoms with Crippen LogP contribution in [0.2, 0.25) is 0 Å². The lowest BCUT2D eigenvalue weighted by Gasteiger charge is -2.23. The molecule has 1 aromatic heterocycles. The highest BCUT2D eigenvalue weighted by atomic mass is 32.2. The zero-order chi connectivity index (χ0) is 28.8. The van der Waals surface area contributed by atoms with Gasteiger partial charge in [0.05, 0.1) is 29.5 Å². The van der Waals surface area contributed by atoms with E-state index in [9.17, 15) is 9.59 Å². The number of carbonyl (C=O) groups is 2. The normalized spacial score (nSPS) is 14.9. The van der Waals surface area contributed by atoms with Crippen LogP contribution in [0.1, 0.15) is 28.4 Å². The standard InChI is InChI=1S/C32H34N4O4S/c1-22-9-7-12-24(19-22)31-29-30(23-10-5-4-6-11-23)34-36(25-13-15-26(40-3)16-14-25)32(29)35(28(38)21-41-31)20-27(37)33-17-8-18-39-2/h4-7,9-16,19,31H,8,17-18,20-21H2,1-3H3,(H,33,37)/t31-/m0/s1. The third-order valence-corrected chi connectivity index (χ3v) is 8.20. The number of anilines is 1. The van der Waals surface area contributed by atoms with Gasteiger partial charge in [-0.2, -0.15) is 5.10 Å². The number of aromatic nitrogens is 2. The van der Waals surface area contributed by atoms with Crippen molar-refractivity contribution in [2.75, 3.05) is 44.6 Å². The highest BCUT2D eigenvalue weighted by molar-refractivity contribution is 8.00. The predicted octanol–water partition coefficient (Wildman–Crippen LogP) is 5.18. The lowest BCUT2D eigenvalue weighted by Crippen LogP contribution is -2.42. The second-order valence-electron chi connectivity index (χ2n) is 9.84. The number of nitrogens with zero attached hydrogens (tertiary/aromatic N) is 3. The van der Waals surface area contributed by atoms with Gasteiger partial charge in [-0.15, -0.1) is 11.8 Å². The minimum absolute atomic E-state index is 0.115. The Morgan fingerprint density at radius 1 is 1.05 bits per heavy atom. The number of benzene rings is 3. The van der Waals surface area contributed by atoms with Crippen LogP contribution in [0.4, 0.5) is 5.82 Å². The highest BCUT2D eigenvalue weighted by Crippen LogP contribution is 2.48. The Kier molecular flexibility index (Phi) is 9.06. The van der Waals surface area contributed by atoms with E-state index in [2.05, 4.69) is 30.4 Å². The van der Waals surface area contributed by atoms with E-state index in [0.29, 0.717) is 31.1 Å². The lowest BCUT2D eigenvalue weighted by atomic mass is 9.98. The van der Waals surface area contributed by atoms with Crippen molar-refractivity contribution in [3.63, 3.8) is 0 Å². The van der Waals surface area contributed by atoms with Crippen molar-refractivity contribution in [1.82, 2.24) is 15.1 Å². The SMILES string of the molecule is COCCCNC(=O)CN1C(=O)CS[C@@H](c2cccc(C)c2)c2c(-c3ccccc3)nn(-c3ccc(OC)cc3)c21. The maximum absolute atomic E-state index is 13.8. The molecule has 5 rings (SSSR count). The van der Waals surface area contributed by atoms with Crippen molar-refractivity contribution in [2.45, 2.75) is 18.6 Å². The maximum atomic E-state index is 13.8. The second-order valence-corrected chi connectivity index (χ2v) is 10.9. The predicted molar refractivity (Wildman–Crippen MR) is 163 cm³/mol. The fraction of sp³-hybridized carbons (Fsp3) is 0.281. The van der Waals surface area contributed by atoms with E-state index >= 15 is 0 Å². The summed E-state index contributed by atoms with van der Waals surface area (Å²) in [6, 6.07) is 25.9. The molecule has 1 atom stereocenters. The smallest absolute Gasteiger partial charge is 0.240 e. The number of thioether (sulfide) groups is 1. The lowest BCUT2D eigenvalue weighted by molar-refractivity contribution is -0.122. The van der Waals surface area contributed by atoms with Crippen LogP contribution in [0, 0.1) is 6.92 Å². The molecule has 2 heterocycles. The average molecular weight is 571 g/mol. The number of ether oxygens (including phenoxy) is 2. The quantitative estimate of drug-likeness (QED) is 0.265. The molecule has 0 saturated carbocycles. The summed E-state index contributed by atoms with van der Waals surface area (Å²) in [6.07, 6.45) is 0.689. The van der Waals surface area contributed by atoms with Crippen LogP contribution in [-0.2, 0) is 14.3 Å². The van der Waals surface area contributed by atoms with Gasteiger partial charge in [-0.05, 0) is 43.2 Å². The van der Waals surface area contributed by atoms with Crippen molar-refractivity contribution in [2.24, 2.45) is 0 Å². The molecule has 1 N–H and O–H groups in total. The third-order valence-electron chi connectivity index (χ3n) is 6.95. The molecule has 1 aliphatic heterocycles. The maximum Gasteiger partial charge on any atom is 0.240 e. The first-order valence-electron chi connectivity index (χ1n) is 13.6. The van der Waals surface area contributed by atoms with Gasteiger partial charge in [-0.25, -0.2) is 4.68 Å². The second kappa shape index (κ2) is 13.1. The van der Waals surface area contributed by atoms with E-state index in [-0.39, 0.29) is 29.4 Å². The van der Waals surface area contributed by atoms with Crippen molar-refractivity contribution < 1.29 is 19.1 Å². The number of aryl methyl sites for hydroxylation is 1. The number of nitrogens with one attached hydrogen (secondary N) is 1. The largest absolute Gasteiger partial charge is 0.497 e. The first-order valence-corrected chi connectivity index (χ1v) is 14.6. The van der Waals surface area contributed by atoms with E-state index in [0.717, 1.165) is 33.6 Å². The summed E-state index contributed by atoms with van der Waals surface area (Å²) in [5.74, 6) is 1.16. The molecule has 0 bridgehead atoms. The zero-order valence-electron chi connectivity index (χ0n) is 23.5. The van der Waals surface area contributed by atoms with Crippen LogP contribution in [-0.4, -0.2) is 61.3 Å². The van der Waals surface area contributed by atoms with Gasteiger partial charge in [0.15, 0.2) is 0 Å². The van der Waals surface area contributed by atoms with E-state index < -0.39 is 0 Å². The summed E-state index contributed by atoms with van der Waals surface area (Å²) < 4.78 is 12.3. The monoisotopic (exact) mass is 570 g/mol. The third kappa shape index (κ3) is 6.31. The molecule has 9 heteroatoms. The number of carbonyl (C=O) groups excluding carboxylic acids is 2. The fourth-order valence-electron chi connectivity index (χ4n) is 4.97. The van der Waals surface area contributed by atoms with Crippen LogP contribution in [0.3, 0.4) is 0 Å². The van der Waals surface area contributed by atoms with Crippen LogP contribution >= 0.6 is 11.8 Å². The molecule has 1 aliphatic rings. The summed E-state index contributed by atoms with van der Waals surface area (Å²) in [4.78, 5) is 28.5. The average Bonchev–Trinajstić information content (AvgIpc) is 3.32. The Bertz CT molecular complexity index is 1500. The van der Waals surface area contributed by atoms with E-state index in [4.69, 9.17) is 14.6 Å². The van der Waals surface area contributed by atoms with Gasteiger partial charge in [-0.1, -0.05) is 60.2 Å². The van der Waals surface area contributed by atoms with Gasteiger partial charge in [0, 0.05) is 31.4 Å². The van der Waals surface area contributed by atoms with Crippen LogP contribution in [0.25, 0.3) is 16.9 Å². The first kappa shape index (κ1) is 28.4. The summed E-state index contributed by atoms with van der Waals surface area (Å²) >= 11 is 1.56. The van der Waals surface area contributed by atoms with Gasteiger partial charge in [0.2, 0.25) is 11.8 Å². The molecular weight excluding hydrogens is 536 g/mol. The number of fused-ring (bicyclic) bond motifs is 1. The van der Waals surface area contributed by atoms with Gasteiger partial charge in [0.25, 0.3) is 0 Å². The Morgan fingerprint density at radius 2 is 1.83 bits per heavy atom. The molecule has 41 heavy (non-hydrogen) atoms. The van der Waals surface area contributed by atoms with Crippen molar-refractivity contribution in [3.05, 3.63) is 95.6 Å². The molecule has 0 aliphatic carbocycles. The summed E-state index contributed by atoms with van der Waals surface area (Å²) in [7, 11) is 3.25. The highest BCUT2D eigenvalue weighted by Gasteiger charge is 2.37. The molecule has 0 fully saturated rings. The fourth-order valence-corrected chi connectivity index (χ4v) is 6.16. The minimum atomic E-state index is -0.233. The molecule has 0 spiro atoms. The summed E-state index contributed by atoms with van der Waals surface area (Å²) in [6.45, 7) is 2.97. The molecule has 0 saturated heterocycles. The topological polar surface area (TPSA) is 85.7 Å². The van der Waals surface area contributed by atoms with Crippen molar-refractivity contribution in [1.29, 1.82) is 0 Å². The molecule has 2 amide bonds.